The molecule has 0 atom stereocenters. The zero-order chi connectivity index (χ0) is 16.9. The van der Waals surface area contributed by atoms with Crippen LogP contribution in [0.3, 0.4) is 0 Å². The molecule has 0 spiro atoms. The Labute approximate surface area is 142 Å². The molecule has 0 saturated carbocycles. The third-order valence-corrected chi connectivity index (χ3v) is 4.25. The van der Waals surface area contributed by atoms with E-state index in [0.717, 1.165) is 30.3 Å². The maximum atomic E-state index is 12.9. The van der Waals surface area contributed by atoms with E-state index in [9.17, 15) is 4.79 Å². The van der Waals surface area contributed by atoms with Gasteiger partial charge in [-0.05, 0) is 37.6 Å². The first kappa shape index (κ1) is 16.2. The van der Waals surface area contributed by atoms with Crippen LogP contribution in [-0.2, 0) is 0 Å². The van der Waals surface area contributed by atoms with E-state index >= 15 is 0 Å². The molecule has 2 amide bonds. The van der Waals surface area contributed by atoms with Gasteiger partial charge in [0, 0.05) is 50.8 Å². The predicted molar refractivity (Wildman–Crippen MR) is 95.4 cm³/mol. The van der Waals surface area contributed by atoms with E-state index in [4.69, 9.17) is 0 Å². The maximum absolute atomic E-state index is 12.9. The van der Waals surface area contributed by atoms with Gasteiger partial charge in [0.2, 0.25) is 5.95 Å². The molecular formula is C18H23N5O. The molecule has 3 rings (SSSR count). The quantitative estimate of drug-likeness (QED) is 0.870. The minimum absolute atomic E-state index is 0.0664. The van der Waals surface area contributed by atoms with E-state index in [1.807, 2.05) is 47.9 Å². The van der Waals surface area contributed by atoms with Crippen LogP contribution < -0.4 is 9.80 Å². The number of anilines is 2. The molecule has 0 N–H and O–H groups in total. The van der Waals surface area contributed by atoms with Crippen LogP contribution in [0.1, 0.15) is 12.5 Å². The van der Waals surface area contributed by atoms with E-state index < -0.39 is 0 Å². The maximum Gasteiger partial charge on any atom is 0.324 e. The number of aryl methyl sites for hydroxylation is 1. The fourth-order valence-electron chi connectivity index (χ4n) is 2.95. The summed E-state index contributed by atoms with van der Waals surface area (Å²) in [5.74, 6) is 0.732. The van der Waals surface area contributed by atoms with Crippen molar-refractivity contribution >= 4 is 17.7 Å². The van der Waals surface area contributed by atoms with Crippen LogP contribution in [0.4, 0.5) is 16.4 Å². The summed E-state index contributed by atoms with van der Waals surface area (Å²) < 4.78 is 0. The van der Waals surface area contributed by atoms with Gasteiger partial charge in [-0.1, -0.05) is 12.1 Å². The molecule has 0 aliphatic carbocycles. The summed E-state index contributed by atoms with van der Waals surface area (Å²) in [7, 11) is 0. The van der Waals surface area contributed by atoms with Crippen molar-refractivity contribution in [2.24, 2.45) is 0 Å². The molecule has 0 unspecified atom stereocenters. The van der Waals surface area contributed by atoms with Crippen LogP contribution in [0.25, 0.3) is 0 Å². The average Bonchev–Trinajstić information content (AvgIpc) is 2.63. The van der Waals surface area contributed by atoms with Crippen LogP contribution >= 0.6 is 0 Å². The summed E-state index contributed by atoms with van der Waals surface area (Å²) in [5.41, 5.74) is 2.11. The first-order chi connectivity index (χ1) is 11.7. The van der Waals surface area contributed by atoms with Crippen LogP contribution in [0, 0.1) is 6.92 Å². The van der Waals surface area contributed by atoms with Crippen LogP contribution in [-0.4, -0.2) is 53.6 Å². The highest BCUT2D eigenvalue weighted by molar-refractivity contribution is 5.92. The number of rotatable bonds is 3. The Bertz CT molecular complexity index is 683. The lowest BCUT2D eigenvalue weighted by atomic mass is 10.2. The molecule has 1 aromatic carbocycles. The van der Waals surface area contributed by atoms with Crippen molar-refractivity contribution in [3.05, 3.63) is 48.3 Å². The summed E-state index contributed by atoms with van der Waals surface area (Å²) in [6.45, 7) is 7.57. The minimum atomic E-state index is 0.0664. The number of hydrogen-bond acceptors (Lipinski definition) is 4. The Hall–Kier alpha value is -2.63. The van der Waals surface area contributed by atoms with Crippen molar-refractivity contribution in [1.82, 2.24) is 14.9 Å². The van der Waals surface area contributed by atoms with Gasteiger partial charge in [0.05, 0.1) is 0 Å². The number of benzene rings is 1. The van der Waals surface area contributed by atoms with Gasteiger partial charge in [-0.3, -0.25) is 4.90 Å². The standard InChI is InChI=1S/C18H23N5O/c1-3-23(16-7-4-6-15(2)14-16)18(24)22-12-10-21(11-13-22)17-19-8-5-9-20-17/h4-9,14H,3,10-13H2,1-2H3. The first-order valence-corrected chi connectivity index (χ1v) is 8.34. The molecule has 1 fully saturated rings. The molecule has 6 nitrogen and oxygen atoms in total. The molecule has 0 radical (unpaired) electrons. The zero-order valence-electron chi connectivity index (χ0n) is 14.2. The van der Waals surface area contributed by atoms with Gasteiger partial charge in [-0.2, -0.15) is 0 Å². The van der Waals surface area contributed by atoms with Crippen LogP contribution in [0.5, 0.6) is 0 Å². The summed E-state index contributed by atoms with van der Waals surface area (Å²) in [6, 6.07) is 9.95. The van der Waals surface area contributed by atoms with Crippen molar-refractivity contribution in [2.75, 3.05) is 42.5 Å². The fraction of sp³-hybridized carbons (Fsp3) is 0.389. The van der Waals surface area contributed by atoms with Crippen molar-refractivity contribution in [2.45, 2.75) is 13.8 Å². The number of amides is 2. The van der Waals surface area contributed by atoms with Crippen molar-refractivity contribution in [1.29, 1.82) is 0 Å². The third-order valence-electron chi connectivity index (χ3n) is 4.25. The highest BCUT2D eigenvalue weighted by Crippen LogP contribution is 2.19. The number of hydrogen-bond donors (Lipinski definition) is 0. The van der Waals surface area contributed by atoms with Gasteiger partial charge in [-0.25, -0.2) is 14.8 Å². The van der Waals surface area contributed by atoms with Gasteiger partial charge in [-0.15, -0.1) is 0 Å². The number of carbonyl (C=O) groups is 1. The van der Waals surface area contributed by atoms with E-state index in [-0.39, 0.29) is 6.03 Å². The number of piperazine rings is 1. The monoisotopic (exact) mass is 325 g/mol. The Morgan fingerprint density at radius 2 is 1.83 bits per heavy atom. The highest BCUT2D eigenvalue weighted by Gasteiger charge is 2.26. The summed E-state index contributed by atoms with van der Waals surface area (Å²) >= 11 is 0. The first-order valence-electron chi connectivity index (χ1n) is 8.34. The van der Waals surface area contributed by atoms with E-state index in [1.165, 1.54) is 0 Å². The van der Waals surface area contributed by atoms with Gasteiger partial charge in [0.25, 0.3) is 0 Å². The fourth-order valence-corrected chi connectivity index (χ4v) is 2.95. The lowest BCUT2D eigenvalue weighted by molar-refractivity contribution is 0.201. The van der Waals surface area contributed by atoms with Gasteiger partial charge < -0.3 is 9.80 Å². The molecular weight excluding hydrogens is 302 g/mol. The minimum Gasteiger partial charge on any atom is -0.337 e. The van der Waals surface area contributed by atoms with Crippen molar-refractivity contribution in [3.8, 4) is 0 Å². The SMILES string of the molecule is CCN(C(=O)N1CCN(c2ncccn2)CC1)c1cccc(C)c1. The molecule has 1 aliphatic rings. The van der Waals surface area contributed by atoms with E-state index in [1.54, 1.807) is 12.4 Å². The average molecular weight is 325 g/mol. The van der Waals surface area contributed by atoms with Gasteiger partial charge in [0.1, 0.15) is 0 Å². The third kappa shape index (κ3) is 3.48. The number of aromatic nitrogens is 2. The smallest absolute Gasteiger partial charge is 0.324 e. The number of carbonyl (C=O) groups excluding carboxylic acids is 1. The van der Waals surface area contributed by atoms with Crippen LogP contribution in [0.2, 0.25) is 0 Å². The molecule has 0 bridgehead atoms. The van der Waals surface area contributed by atoms with E-state index in [2.05, 4.69) is 20.9 Å². The molecule has 6 heteroatoms. The molecule has 1 aromatic heterocycles. The second-order valence-electron chi connectivity index (χ2n) is 5.89. The Kier molecular flexibility index (Phi) is 4.93. The van der Waals surface area contributed by atoms with Gasteiger partial charge >= 0.3 is 6.03 Å². The predicted octanol–water partition coefficient (Wildman–Crippen LogP) is 2.55. The molecule has 24 heavy (non-hydrogen) atoms. The van der Waals surface area contributed by atoms with E-state index in [0.29, 0.717) is 19.6 Å². The molecule has 2 heterocycles. The number of nitrogens with zero attached hydrogens (tertiary/aromatic N) is 5. The van der Waals surface area contributed by atoms with Gasteiger partial charge in [0.15, 0.2) is 0 Å². The zero-order valence-corrected chi connectivity index (χ0v) is 14.2. The van der Waals surface area contributed by atoms with Crippen LogP contribution in [0.15, 0.2) is 42.7 Å². The number of urea groups is 1. The van der Waals surface area contributed by atoms with Crippen molar-refractivity contribution in [3.63, 3.8) is 0 Å². The van der Waals surface area contributed by atoms with Crippen molar-refractivity contribution < 1.29 is 4.79 Å². The second-order valence-corrected chi connectivity index (χ2v) is 5.89. The Morgan fingerprint density at radius 1 is 1.12 bits per heavy atom. The Balaban J connectivity index is 1.66. The second kappa shape index (κ2) is 7.29. The molecule has 1 aliphatic heterocycles. The normalized spacial score (nSPS) is 14.6. The summed E-state index contributed by atoms with van der Waals surface area (Å²) in [6.07, 6.45) is 3.49. The lowest BCUT2D eigenvalue weighted by Crippen LogP contribution is -2.53. The molecule has 1 saturated heterocycles. The highest BCUT2D eigenvalue weighted by atomic mass is 16.2. The molecule has 2 aromatic rings. The topological polar surface area (TPSA) is 52.6 Å². The largest absolute Gasteiger partial charge is 0.337 e. The summed E-state index contributed by atoms with van der Waals surface area (Å²) in [4.78, 5) is 27.3. The summed E-state index contributed by atoms with van der Waals surface area (Å²) in [5, 5.41) is 0. The molecule has 126 valence electrons. The lowest BCUT2D eigenvalue weighted by Gasteiger charge is -2.37. The Morgan fingerprint density at radius 3 is 2.46 bits per heavy atom.